The number of hydrogen-bond acceptors (Lipinski definition) is 2. The second-order valence-corrected chi connectivity index (χ2v) is 5.74. The number of aryl methyl sites for hydroxylation is 1. The summed E-state index contributed by atoms with van der Waals surface area (Å²) in [7, 11) is 0. The first-order chi connectivity index (χ1) is 10.2. The van der Waals surface area contributed by atoms with Crippen LogP contribution in [0.25, 0.3) is 0 Å². The Kier molecular flexibility index (Phi) is 3.93. The normalized spacial score (nSPS) is 20.1. The fourth-order valence-electron chi connectivity index (χ4n) is 2.54. The number of hydrogen-bond donors (Lipinski definition) is 1. The van der Waals surface area contributed by atoms with E-state index in [0.717, 1.165) is 18.5 Å². The van der Waals surface area contributed by atoms with Crippen LogP contribution >= 0.6 is 11.6 Å². The summed E-state index contributed by atoms with van der Waals surface area (Å²) >= 11 is 5.96. The van der Waals surface area contributed by atoms with Gasteiger partial charge >= 0.3 is 0 Å². The number of halogens is 1. The largest absolute Gasteiger partial charge is 0.349 e. The van der Waals surface area contributed by atoms with Crippen molar-refractivity contribution in [3.63, 3.8) is 0 Å². The Balaban J connectivity index is 1.67. The van der Waals surface area contributed by atoms with E-state index in [1.807, 2.05) is 25.1 Å². The van der Waals surface area contributed by atoms with E-state index in [1.165, 1.54) is 5.56 Å². The Morgan fingerprint density at radius 1 is 1.33 bits per heavy atom. The summed E-state index contributed by atoms with van der Waals surface area (Å²) in [5.41, 5.74) is 2.71. The van der Waals surface area contributed by atoms with Crippen LogP contribution in [0.3, 0.4) is 0 Å². The first-order valence-electron chi connectivity index (χ1n) is 7.19. The highest BCUT2D eigenvalue weighted by atomic mass is 35.5. The summed E-state index contributed by atoms with van der Waals surface area (Å²) in [5.74, 6) is 0.357. The Morgan fingerprint density at radius 3 is 2.81 bits per heavy atom. The van der Waals surface area contributed by atoms with Gasteiger partial charge in [0.05, 0.1) is 0 Å². The van der Waals surface area contributed by atoms with Gasteiger partial charge in [-0.15, -0.1) is 0 Å². The predicted molar refractivity (Wildman–Crippen MR) is 83.7 cm³/mol. The molecule has 3 nitrogen and oxygen atoms in total. The van der Waals surface area contributed by atoms with Crippen molar-refractivity contribution < 1.29 is 4.79 Å². The van der Waals surface area contributed by atoms with Crippen LogP contribution < -0.4 is 5.32 Å². The molecule has 21 heavy (non-hydrogen) atoms. The summed E-state index contributed by atoms with van der Waals surface area (Å²) in [6.07, 6.45) is 1.76. The SMILES string of the molecule is CCc1cc(C(=O)NC2CC2c2ccccc2)cc(Cl)n1. The van der Waals surface area contributed by atoms with Crippen molar-refractivity contribution in [1.82, 2.24) is 10.3 Å². The fourth-order valence-corrected chi connectivity index (χ4v) is 2.76. The third-order valence-corrected chi connectivity index (χ3v) is 4.00. The maximum Gasteiger partial charge on any atom is 0.251 e. The van der Waals surface area contributed by atoms with Crippen molar-refractivity contribution >= 4 is 17.5 Å². The maximum atomic E-state index is 12.3. The minimum atomic E-state index is -0.0718. The molecule has 1 aromatic heterocycles. The second kappa shape index (κ2) is 5.86. The lowest BCUT2D eigenvalue weighted by Gasteiger charge is -2.07. The van der Waals surface area contributed by atoms with Gasteiger partial charge in [0, 0.05) is 23.2 Å². The molecule has 4 heteroatoms. The van der Waals surface area contributed by atoms with Gasteiger partial charge in [-0.25, -0.2) is 4.98 Å². The minimum absolute atomic E-state index is 0.0718. The van der Waals surface area contributed by atoms with Gasteiger partial charge in [-0.3, -0.25) is 4.79 Å². The van der Waals surface area contributed by atoms with E-state index in [1.54, 1.807) is 12.1 Å². The molecule has 2 aromatic rings. The zero-order valence-corrected chi connectivity index (χ0v) is 12.6. The highest BCUT2D eigenvalue weighted by molar-refractivity contribution is 6.29. The molecule has 0 bridgehead atoms. The van der Waals surface area contributed by atoms with Gasteiger partial charge in [0.2, 0.25) is 0 Å². The van der Waals surface area contributed by atoms with E-state index in [4.69, 9.17) is 11.6 Å². The smallest absolute Gasteiger partial charge is 0.251 e. The molecule has 0 radical (unpaired) electrons. The van der Waals surface area contributed by atoms with E-state index >= 15 is 0 Å². The molecule has 1 amide bonds. The molecule has 2 atom stereocenters. The van der Waals surface area contributed by atoms with Gasteiger partial charge in [-0.2, -0.15) is 0 Å². The van der Waals surface area contributed by atoms with Gasteiger partial charge < -0.3 is 5.32 Å². The molecule has 1 aliphatic carbocycles. The van der Waals surface area contributed by atoms with Crippen LogP contribution in [0, 0.1) is 0 Å². The van der Waals surface area contributed by atoms with E-state index in [2.05, 4.69) is 22.4 Å². The van der Waals surface area contributed by atoms with E-state index in [-0.39, 0.29) is 11.9 Å². The fraction of sp³-hybridized carbons (Fsp3) is 0.294. The van der Waals surface area contributed by atoms with E-state index in [0.29, 0.717) is 16.6 Å². The molecular weight excluding hydrogens is 284 g/mol. The number of pyridine rings is 1. The second-order valence-electron chi connectivity index (χ2n) is 5.36. The van der Waals surface area contributed by atoms with Crippen molar-refractivity contribution in [3.8, 4) is 0 Å². The highest BCUT2D eigenvalue weighted by Crippen LogP contribution is 2.40. The molecule has 1 fully saturated rings. The molecule has 1 aromatic carbocycles. The number of amides is 1. The van der Waals surface area contributed by atoms with Crippen molar-refractivity contribution in [3.05, 3.63) is 64.4 Å². The van der Waals surface area contributed by atoms with E-state index in [9.17, 15) is 4.79 Å². The van der Waals surface area contributed by atoms with Crippen molar-refractivity contribution in [1.29, 1.82) is 0 Å². The van der Waals surface area contributed by atoms with Crippen LogP contribution in [0.2, 0.25) is 5.15 Å². The summed E-state index contributed by atoms with van der Waals surface area (Å²) in [6, 6.07) is 13.9. The number of nitrogens with zero attached hydrogens (tertiary/aromatic N) is 1. The zero-order valence-electron chi connectivity index (χ0n) is 11.8. The standard InChI is InChI=1S/C17H17ClN2O/c1-2-13-8-12(9-16(18)19-13)17(21)20-15-10-14(15)11-6-4-3-5-7-11/h3-9,14-15H,2,10H2,1H3,(H,20,21). The third-order valence-electron chi connectivity index (χ3n) is 3.81. The molecule has 3 rings (SSSR count). The molecule has 1 aliphatic rings. The van der Waals surface area contributed by atoms with Crippen molar-refractivity contribution in [2.75, 3.05) is 0 Å². The first kappa shape index (κ1) is 14.1. The average Bonchev–Trinajstić information content (AvgIpc) is 3.26. The number of aromatic nitrogens is 1. The number of nitrogens with one attached hydrogen (secondary N) is 1. The van der Waals surface area contributed by atoms with Gasteiger partial charge in [0.1, 0.15) is 5.15 Å². The molecule has 1 N–H and O–H groups in total. The quantitative estimate of drug-likeness (QED) is 0.877. The lowest BCUT2D eigenvalue weighted by molar-refractivity contribution is 0.0950. The Morgan fingerprint density at radius 2 is 2.10 bits per heavy atom. The van der Waals surface area contributed by atoms with Crippen LogP contribution in [0.15, 0.2) is 42.5 Å². The summed E-state index contributed by atoms with van der Waals surface area (Å²) < 4.78 is 0. The Labute approximate surface area is 129 Å². The lowest BCUT2D eigenvalue weighted by Crippen LogP contribution is -2.26. The zero-order chi connectivity index (χ0) is 14.8. The van der Waals surface area contributed by atoms with Crippen LogP contribution in [0.4, 0.5) is 0 Å². The van der Waals surface area contributed by atoms with Gasteiger partial charge in [-0.05, 0) is 30.5 Å². The van der Waals surface area contributed by atoms with Crippen LogP contribution in [0.5, 0.6) is 0 Å². The van der Waals surface area contributed by atoms with Crippen LogP contribution in [-0.2, 0) is 6.42 Å². The summed E-state index contributed by atoms with van der Waals surface area (Å²) in [6.45, 7) is 1.99. The number of rotatable bonds is 4. The average molecular weight is 301 g/mol. The predicted octanol–water partition coefficient (Wildman–Crippen LogP) is 3.58. The topological polar surface area (TPSA) is 42.0 Å². The molecule has 108 valence electrons. The number of carbonyl (C=O) groups excluding carboxylic acids is 1. The van der Waals surface area contributed by atoms with Gasteiger partial charge in [-0.1, -0.05) is 48.9 Å². The number of carbonyl (C=O) groups is 1. The third kappa shape index (κ3) is 3.24. The first-order valence-corrected chi connectivity index (χ1v) is 7.57. The van der Waals surface area contributed by atoms with E-state index < -0.39 is 0 Å². The maximum absolute atomic E-state index is 12.3. The molecule has 0 saturated heterocycles. The Bertz CT molecular complexity index is 657. The number of benzene rings is 1. The summed E-state index contributed by atoms with van der Waals surface area (Å²) in [4.78, 5) is 16.5. The monoisotopic (exact) mass is 300 g/mol. The van der Waals surface area contributed by atoms with Crippen molar-refractivity contribution in [2.24, 2.45) is 0 Å². The molecule has 1 heterocycles. The molecule has 1 saturated carbocycles. The molecule has 2 unspecified atom stereocenters. The Hall–Kier alpha value is -1.87. The minimum Gasteiger partial charge on any atom is -0.349 e. The van der Waals surface area contributed by atoms with Crippen LogP contribution in [0.1, 0.15) is 40.9 Å². The lowest BCUT2D eigenvalue weighted by atomic mass is 10.1. The molecule has 0 aliphatic heterocycles. The van der Waals surface area contributed by atoms with Crippen molar-refractivity contribution in [2.45, 2.75) is 31.7 Å². The van der Waals surface area contributed by atoms with Gasteiger partial charge in [0.15, 0.2) is 0 Å². The summed E-state index contributed by atoms with van der Waals surface area (Å²) in [5, 5.41) is 3.44. The van der Waals surface area contributed by atoms with Crippen LogP contribution in [-0.4, -0.2) is 16.9 Å². The molecule has 0 spiro atoms. The highest BCUT2D eigenvalue weighted by Gasteiger charge is 2.39. The molecular formula is C17H17ClN2O. The van der Waals surface area contributed by atoms with Gasteiger partial charge in [0.25, 0.3) is 5.91 Å².